The smallest absolute Gasteiger partial charge is 0.240 e. The van der Waals surface area contributed by atoms with Crippen LogP contribution in [-0.2, 0) is 9.53 Å². The number of hydrogen-bond acceptors (Lipinski definition) is 5. The number of carbonyl (C=O) groups is 1. The van der Waals surface area contributed by atoms with Crippen molar-refractivity contribution in [1.29, 1.82) is 0 Å². The van der Waals surface area contributed by atoms with Gasteiger partial charge in [0.25, 0.3) is 0 Å². The summed E-state index contributed by atoms with van der Waals surface area (Å²) in [6.07, 6.45) is 1.00. The summed E-state index contributed by atoms with van der Waals surface area (Å²) >= 11 is 1.78. The molecule has 0 aromatic carbocycles. The first-order chi connectivity index (χ1) is 8.65. The van der Waals surface area contributed by atoms with E-state index in [9.17, 15) is 4.79 Å². The Morgan fingerprint density at radius 1 is 1.39 bits per heavy atom. The highest BCUT2D eigenvalue weighted by Crippen LogP contribution is 2.12. The van der Waals surface area contributed by atoms with Gasteiger partial charge in [0.05, 0.1) is 12.6 Å². The molecule has 106 valence electrons. The molecular formula is C12H25N3O2S. The summed E-state index contributed by atoms with van der Waals surface area (Å²) in [5.74, 6) is 1.98. The van der Waals surface area contributed by atoms with Gasteiger partial charge in [0.15, 0.2) is 0 Å². The molecule has 1 rings (SSSR count). The summed E-state index contributed by atoms with van der Waals surface area (Å²) < 4.78 is 5.08. The SMILES string of the molecule is COCCN(CCCN(C)C)C(=O)C1CSCN1. The van der Waals surface area contributed by atoms with Crippen molar-refractivity contribution in [1.82, 2.24) is 15.1 Å². The Morgan fingerprint density at radius 3 is 2.72 bits per heavy atom. The van der Waals surface area contributed by atoms with Gasteiger partial charge >= 0.3 is 0 Å². The maximum atomic E-state index is 12.3. The average Bonchev–Trinajstić information content (AvgIpc) is 2.86. The fraction of sp³-hybridized carbons (Fsp3) is 0.917. The minimum absolute atomic E-state index is 0.00814. The first-order valence-electron chi connectivity index (χ1n) is 6.38. The highest BCUT2D eigenvalue weighted by molar-refractivity contribution is 7.99. The van der Waals surface area contributed by atoms with Crippen LogP contribution in [0, 0.1) is 0 Å². The Kier molecular flexibility index (Phi) is 7.65. The summed E-state index contributed by atoms with van der Waals surface area (Å²) in [6.45, 7) is 3.10. The highest BCUT2D eigenvalue weighted by atomic mass is 32.2. The van der Waals surface area contributed by atoms with Crippen LogP contribution in [0.3, 0.4) is 0 Å². The number of nitrogens with one attached hydrogen (secondary N) is 1. The average molecular weight is 275 g/mol. The van der Waals surface area contributed by atoms with Crippen molar-refractivity contribution >= 4 is 17.7 Å². The Balaban J connectivity index is 2.39. The molecule has 0 saturated carbocycles. The molecule has 1 fully saturated rings. The molecule has 1 amide bonds. The molecule has 1 unspecified atom stereocenters. The van der Waals surface area contributed by atoms with E-state index in [1.807, 2.05) is 4.90 Å². The van der Waals surface area contributed by atoms with Crippen LogP contribution in [0.25, 0.3) is 0 Å². The van der Waals surface area contributed by atoms with Crippen molar-refractivity contribution in [2.24, 2.45) is 0 Å². The van der Waals surface area contributed by atoms with Gasteiger partial charge in [0.2, 0.25) is 5.91 Å². The van der Waals surface area contributed by atoms with Crippen LogP contribution in [0.5, 0.6) is 0 Å². The molecule has 1 heterocycles. The van der Waals surface area contributed by atoms with E-state index in [4.69, 9.17) is 4.74 Å². The number of hydrogen-bond donors (Lipinski definition) is 1. The van der Waals surface area contributed by atoms with Gasteiger partial charge < -0.3 is 14.5 Å². The Morgan fingerprint density at radius 2 is 2.17 bits per heavy atom. The van der Waals surface area contributed by atoms with E-state index in [1.165, 1.54) is 0 Å². The second kappa shape index (κ2) is 8.74. The fourth-order valence-corrected chi connectivity index (χ4v) is 2.82. The first-order valence-corrected chi connectivity index (χ1v) is 7.54. The predicted molar refractivity (Wildman–Crippen MR) is 75.9 cm³/mol. The molecule has 6 heteroatoms. The van der Waals surface area contributed by atoms with Gasteiger partial charge in [-0.1, -0.05) is 0 Å². The molecule has 1 saturated heterocycles. The quantitative estimate of drug-likeness (QED) is 0.679. The largest absolute Gasteiger partial charge is 0.383 e. The lowest BCUT2D eigenvalue weighted by Gasteiger charge is -2.25. The van der Waals surface area contributed by atoms with Crippen LogP contribution >= 0.6 is 11.8 Å². The molecule has 0 bridgehead atoms. The third-order valence-electron chi connectivity index (χ3n) is 2.92. The molecule has 0 aromatic rings. The minimum Gasteiger partial charge on any atom is -0.383 e. The zero-order chi connectivity index (χ0) is 13.4. The Labute approximate surface area is 114 Å². The molecule has 1 aliphatic rings. The topological polar surface area (TPSA) is 44.8 Å². The zero-order valence-electron chi connectivity index (χ0n) is 11.6. The molecule has 0 radical (unpaired) electrons. The van der Waals surface area contributed by atoms with Crippen molar-refractivity contribution in [3.8, 4) is 0 Å². The summed E-state index contributed by atoms with van der Waals surface area (Å²) in [5, 5.41) is 3.23. The first kappa shape index (κ1) is 15.8. The molecule has 0 spiro atoms. The molecule has 1 aliphatic heterocycles. The van der Waals surface area contributed by atoms with E-state index in [1.54, 1.807) is 18.9 Å². The Bertz CT molecular complexity index is 245. The lowest BCUT2D eigenvalue weighted by Crippen LogP contribution is -2.46. The van der Waals surface area contributed by atoms with Gasteiger partial charge in [0, 0.05) is 31.8 Å². The lowest BCUT2D eigenvalue weighted by atomic mass is 10.2. The van der Waals surface area contributed by atoms with Crippen LogP contribution in [0.1, 0.15) is 6.42 Å². The second-order valence-corrected chi connectivity index (χ2v) is 5.78. The normalized spacial score (nSPS) is 19.4. The predicted octanol–water partition coefficient (Wildman–Crippen LogP) is 0.0756. The van der Waals surface area contributed by atoms with Crippen molar-refractivity contribution in [3.05, 3.63) is 0 Å². The van der Waals surface area contributed by atoms with Crippen LogP contribution in [-0.4, -0.2) is 80.8 Å². The van der Waals surface area contributed by atoms with Gasteiger partial charge in [-0.3, -0.25) is 10.1 Å². The number of methoxy groups -OCH3 is 1. The van der Waals surface area contributed by atoms with Crippen molar-refractivity contribution in [3.63, 3.8) is 0 Å². The number of rotatable bonds is 8. The number of amides is 1. The molecule has 1 N–H and O–H groups in total. The summed E-state index contributed by atoms with van der Waals surface area (Å²) in [5.41, 5.74) is 0. The summed E-state index contributed by atoms with van der Waals surface area (Å²) in [4.78, 5) is 16.4. The molecular weight excluding hydrogens is 250 g/mol. The zero-order valence-corrected chi connectivity index (χ0v) is 12.5. The number of ether oxygens (including phenoxy) is 1. The molecule has 0 aromatic heterocycles. The maximum absolute atomic E-state index is 12.3. The van der Waals surface area contributed by atoms with Gasteiger partial charge in [-0.2, -0.15) is 0 Å². The van der Waals surface area contributed by atoms with E-state index in [0.717, 1.165) is 31.1 Å². The fourth-order valence-electron chi connectivity index (χ4n) is 1.89. The number of thioether (sulfide) groups is 1. The van der Waals surface area contributed by atoms with E-state index >= 15 is 0 Å². The van der Waals surface area contributed by atoms with Gasteiger partial charge in [-0.05, 0) is 27.1 Å². The number of nitrogens with zero attached hydrogens (tertiary/aromatic N) is 2. The van der Waals surface area contributed by atoms with Gasteiger partial charge in [-0.25, -0.2) is 0 Å². The number of carbonyl (C=O) groups excluding carboxylic acids is 1. The van der Waals surface area contributed by atoms with Gasteiger partial charge in [0.1, 0.15) is 0 Å². The van der Waals surface area contributed by atoms with Crippen LogP contribution in [0.15, 0.2) is 0 Å². The summed E-state index contributed by atoms with van der Waals surface area (Å²) in [7, 11) is 5.78. The van der Waals surface area contributed by atoms with E-state index < -0.39 is 0 Å². The molecule has 18 heavy (non-hydrogen) atoms. The maximum Gasteiger partial charge on any atom is 0.240 e. The van der Waals surface area contributed by atoms with Crippen molar-refractivity contribution in [2.45, 2.75) is 12.5 Å². The Hall–Kier alpha value is -0.300. The van der Waals surface area contributed by atoms with Crippen molar-refractivity contribution in [2.75, 3.05) is 59.1 Å². The second-order valence-electron chi connectivity index (χ2n) is 4.75. The minimum atomic E-state index is -0.00814. The standard InChI is InChI=1S/C12H25N3O2S/c1-14(2)5-4-6-15(7-8-17-3)12(16)11-9-18-10-13-11/h11,13H,4-10H2,1-3H3. The van der Waals surface area contributed by atoms with Gasteiger partial charge in [-0.15, -0.1) is 11.8 Å². The molecule has 5 nitrogen and oxygen atoms in total. The van der Waals surface area contributed by atoms with E-state index in [-0.39, 0.29) is 11.9 Å². The van der Waals surface area contributed by atoms with Crippen molar-refractivity contribution < 1.29 is 9.53 Å². The van der Waals surface area contributed by atoms with Crippen LogP contribution in [0.2, 0.25) is 0 Å². The third kappa shape index (κ3) is 5.56. The van der Waals surface area contributed by atoms with Crippen LogP contribution in [0.4, 0.5) is 0 Å². The van der Waals surface area contributed by atoms with E-state index in [0.29, 0.717) is 13.2 Å². The monoisotopic (exact) mass is 275 g/mol. The third-order valence-corrected chi connectivity index (χ3v) is 3.86. The summed E-state index contributed by atoms with van der Waals surface area (Å²) in [6, 6.07) is -0.00814. The lowest BCUT2D eigenvalue weighted by molar-refractivity contribution is -0.133. The van der Waals surface area contributed by atoms with Crippen LogP contribution < -0.4 is 5.32 Å². The highest BCUT2D eigenvalue weighted by Gasteiger charge is 2.26. The molecule has 0 aliphatic carbocycles. The van der Waals surface area contributed by atoms with E-state index in [2.05, 4.69) is 24.3 Å². The molecule has 1 atom stereocenters.